The SMILES string of the molecule is CN=C(NCCN1CCCS1(=O)=O)NCc1ccc(C)cc1.I. The fraction of sp³-hybridized carbons (Fsp3) is 0.533. The molecule has 0 radical (unpaired) electrons. The summed E-state index contributed by atoms with van der Waals surface area (Å²) in [6, 6.07) is 8.30. The molecule has 1 aromatic carbocycles. The zero-order chi connectivity index (χ0) is 16.0. The zero-order valence-electron chi connectivity index (χ0n) is 13.6. The van der Waals surface area contributed by atoms with Crippen LogP contribution in [0.4, 0.5) is 0 Å². The third-order valence-corrected chi connectivity index (χ3v) is 5.62. The molecule has 0 spiro atoms. The Labute approximate surface area is 155 Å². The van der Waals surface area contributed by atoms with Crippen molar-refractivity contribution >= 4 is 40.0 Å². The van der Waals surface area contributed by atoms with Crippen LogP contribution in [0.2, 0.25) is 0 Å². The summed E-state index contributed by atoms with van der Waals surface area (Å²) in [4.78, 5) is 4.15. The average molecular weight is 452 g/mol. The molecule has 23 heavy (non-hydrogen) atoms. The van der Waals surface area contributed by atoms with E-state index in [2.05, 4.69) is 46.8 Å². The monoisotopic (exact) mass is 452 g/mol. The highest BCUT2D eigenvalue weighted by atomic mass is 127. The van der Waals surface area contributed by atoms with Gasteiger partial charge in [0.2, 0.25) is 10.0 Å². The predicted octanol–water partition coefficient (Wildman–Crippen LogP) is 1.31. The van der Waals surface area contributed by atoms with Crippen LogP contribution in [0, 0.1) is 6.92 Å². The number of guanidine groups is 1. The Morgan fingerprint density at radius 2 is 1.96 bits per heavy atom. The van der Waals surface area contributed by atoms with Gasteiger partial charge in [-0.3, -0.25) is 4.99 Å². The summed E-state index contributed by atoms with van der Waals surface area (Å²) in [5.74, 6) is 0.949. The normalized spacial score (nSPS) is 17.6. The summed E-state index contributed by atoms with van der Waals surface area (Å²) >= 11 is 0. The second-order valence-corrected chi connectivity index (χ2v) is 7.50. The Kier molecular flexibility index (Phi) is 8.27. The van der Waals surface area contributed by atoms with Gasteiger partial charge in [-0.1, -0.05) is 29.8 Å². The molecule has 8 heteroatoms. The number of nitrogens with zero attached hydrogens (tertiary/aromatic N) is 2. The molecule has 1 aliphatic rings. The van der Waals surface area contributed by atoms with Crippen molar-refractivity contribution in [3.8, 4) is 0 Å². The number of sulfonamides is 1. The topological polar surface area (TPSA) is 73.8 Å². The Bertz CT molecular complexity index is 617. The maximum absolute atomic E-state index is 11.7. The molecule has 1 fully saturated rings. The molecule has 1 aliphatic heterocycles. The van der Waals surface area contributed by atoms with Gasteiger partial charge in [0.15, 0.2) is 5.96 Å². The number of aryl methyl sites for hydroxylation is 1. The minimum atomic E-state index is -3.02. The molecule has 0 saturated carbocycles. The molecule has 6 nitrogen and oxygen atoms in total. The number of hydrogen-bond donors (Lipinski definition) is 2. The van der Waals surface area contributed by atoms with E-state index in [4.69, 9.17) is 0 Å². The predicted molar refractivity (Wildman–Crippen MR) is 105 cm³/mol. The van der Waals surface area contributed by atoms with Crippen molar-refractivity contribution in [1.82, 2.24) is 14.9 Å². The lowest BCUT2D eigenvalue weighted by atomic mass is 10.1. The van der Waals surface area contributed by atoms with E-state index in [0.717, 1.165) is 6.42 Å². The van der Waals surface area contributed by atoms with Gasteiger partial charge in [0.25, 0.3) is 0 Å². The summed E-state index contributed by atoms with van der Waals surface area (Å²) in [5.41, 5.74) is 2.41. The molecule has 0 unspecified atom stereocenters. The number of halogens is 1. The molecule has 130 valence electrons. The molecule has 2 rings (SSSR count). The van der Waals surface area contributed by atoms with E-state index in [1.54, 1.807) is 7.05 Å². The smallest absolute Gasteiger partial charge is 0.214 e. The number of aliphatic imine (C=N–C) groups is 1. The van der Waals surface area contributed by atoms with E-state index < -0.39 is 10.0 Å². The molecule has 1 saturated heterocycles. The van der Waals surface area contributed by atoms with Crippen molar-refractivity contribution < 1.29 is 8.42 Å². The Morgan fingerprint density at radius 3 is 2.52 bits per heavy atom. The Balaban J connectivity index is 0.00000264. The van der Waals surface area contributed by atoms with Gasteiger partial charge in [-0.15, -0.1) is 24.0 Å². The standard InChI is InChI=1S/C15H24N4O2S.HI/c1-13-4-6-14(7-5-13)12-18-15(16-2)17-8-10-19-9-3-11-22(19,20)21;/h4-7H,3,8-12H2,1-2H3,(H2,16,17,18);1H. The molecule has 0 bridgehead atoms. The fourth-order valence-electron chi connectivity index (χ4n) is 2.35. The van der Waals surface area contributed by atoms with E-state index in [9.17, 15) is 8.42 Å². The van der Waals surface area contributed by atoms with E-state index >= 15 is 0 Å². The maximum atomic E-state index is 11.7. The molecule has 1 heterocycles. The van der Waals surface area contributed by atoms with Crippen LogP contribution >= 0.6 is 24.0 Å². The van der Waals surface area contributed by atoms with Crippen molar-refractivity contribution in [1.29, 1.82) is 0 Å². The second-order valence-electron chi connectivity index (χ2n) is 5.41. The summed E-state index contributed by atoms with van der Waals surface area (Å²) in [6.45, 7) is 4.39. The number of nitrogens with one attached hydrogen (secondary N) is 2. The largest absolute Gasteiger partial charge is 0.355 e. The summed E-state index contributed by atoms with van der Waals surface area (Å²) in [6.07, 6.45) is 0.725. The van der Waals surface area contributed by atoms with Gasteiger partial charge in [0, 0.05) is 33.2 Å². The highest BCUT2D eigenvalue weighted by Crippen LogP contribution is 2.11. The van der Waals surface area contributed by atoms with Crippen LogP contribution in [0.25, 0.3) is 0 Å². The quantitative estimate of drug-likeness (QED) is 0.402. The first kappa shape index (κ1) is 20.2. The third kappa shape index (κ3) is 6.27. The molecule has 0 amide bonds. The van der Waals surface area contributed by atoms with Crippen molar-refractivity contribution in [3.05, 3.63) is 35.4 Å². The first-order valence-electron chi connectivity index (χ1n) is 7.49. The van der Waals surface area contributed by atoms with E-state index in [1.165, 1.54) is 15.4 Å². The first-order chi connectivity index (χ1) is 10.5. The minimum Gasteiger partial charge on any atom is -0.355 e. The molecular formula is C15H25IN4O2S. The van der Waals surface area contributed by atoms with Crippen molar-refractivity contribution in [2.45, 2.75) is 19.9 Å². The molecule has 0 atom stereocenters. The lowest BCUT2D eigenvalue weighted by molar-refractivity contribution is 0.445. The summed E-state index contributed by atoms with van der Waals surface area (Å²) in [5, 5.41) is 6.37. The van der Waals surface area contributed by atoms with Crippen LogP contribution in [0.15, 0.2) is 29.3 Å². The van der Waals surface area contributed by atoms with Crippen molar-refractivity contribution in [3.63, 3.8) is 0 Å². The number of hydrogen-bond acceptors (Lipinski definition) is 3. The van der Waals surface area contributed by atoms with Crippen LogP contribution in [-0.4, -0.2) is 51.1 Å². The zero-order valence-corrected chi connectivity index (χ0v) is 16.7. The molecular weight excluding hydrogens is 427 g/mol. The van der Waals surface area contributed by atoms with E-state index in [0.29, 0.717) is 32.1 Å². The maximum Gasteiger partial charge on any atom is 0.214 e. The van der Waals surface area contributed by atoms with E-state index in [-0.39, 0.29) is 29.7 Å². The number of benzene rings is 1. The first-order valence-corrected chi connectivity index (χ1v) is 9.10. The van der Waals surface area contributed by atoms with Crippen molar-refractivity contribution in [2.75, 3.05) is 32.4 Å². The van der Waals surface area contributed by atoms with E-state index in [1.807, 2.05) is 0 Å². The van der Waals surface area contributed by atoms with Gasteiger partial charge < -0.3 is 10.6 Å². The van der Waals surface area contributed by atoms with Crippen molar-refractivity contribution in [2.24, 2.45) is 4.99 Å². The van der Waals surface area contributed by atoms with Crippen LogP contribution in [0.3, 0.4) is 0 Å². The lowest BCUT2D eigenvalue weighted by Crippen LogP contribution is -2.41. The van der Waals surface area contributed by atoms with Gasteiger partial charge >= 0.3 is 0 Å². The second kappa shape index (κ2) is 9.43. The van der Waals surface area contributed by atoms with Gasteiger partial charge in [-0.05, 0) is 18.9 Å². The van der Waals surface area contributed by atoms with Gasteiger partial charge in [-0.25, -0.2) is 12.7 Å². The molecule has 2 N–H and O–H groups in total. The lowest BCUT2D eigenvalue weighted by Gasteiger charge is -2.16. The molecule has 1 aromatic rings. The Hall–Kier alpha value is -0.870. The van der Waals surface area contributed by atoms with Crippen LogP contribution in [0.5, 0.6) is 0 Å². The minimum absolute atomic E-state index is 0. The van der Waals surface area contributed by atoms with Gasteiger partial charge in [-0.2, -0.15) is 0 Å². The summed E-state index contributed by atoms with van der Waals surface area (Å²) in [7, 11) is -1.31. The molecule has 0 aliphatic carbocycles. The third-order valence-electron chi connectivity index (χ3n) is 3.66. The number of rotatable bonds is 5. The highest BCUT2D eigenvalue weighted by molar-refractivity contribution is 14.0. The van der Waals surface area contributed by atoms with Gasteiger partial charge in [0.05, 0.1) is 5.75 Å². The van der Waals surface area contributed by atoms with Crippen LogP contribution < -0.4 is 10.6 Å². The van der Waals surface area contributed by atoms with Crippen LogP contribution in [-0.2, 0) is 16.6 Å². The highest BCUT2D eigenvalue weighted by Gasteiger charge is 2.27. The van der Waals surface area contributed by atoms with Gasteiger partial charge in [0.1, 0.15) is 0 Å². The average Bonchev–Trinajstić information content (AvgIpc) is 2.83. The summed E-state index contributed by atoms with van der Waals surface area (Å²) < 4.78 is 24.9. The fourth-order valence-corrected chi connectivity index (χ4v) is 3.88. The molecule has 0 aromatic heterocycles. The Morgan fingerprint density at radius 1 is 1.26 bits per heavy atom. The van der Waals surface area contributed by atoms with Crippen LogP contribution in [0.1, 0.15) is 17.5 Å².